The molecule has 0 aliphatic carbocycles. The minimum atomic E-state index is 0.568. The summed E-state index contributed by atoms with van der Waals surface area (Å²) >= 11 is 3.34. The summed E-state index contributed by atoms with van der Waals surface area (Å²) < 4.78 is 12.9. The summed E-state index contributed by atoms with van der Waals surface area (Å²) in [5.41, 5.74) is 7.26. The third-order valence-corrected chi connectivity index (χ3v) is 2.74. The van der Waals surface area contributed by atoms with E-state index < -0.39 is 0 Å². The molecular weight excluding hydrogens is 286 g/mol. The van der Waals surface area contributed by atoms with Gasteiger partial charge in [-0.15, -0.1) is 0 Å². The van der Waals surface area contributed by atoms with E-state index in [1.54, 1.807) is 37.2 Å². The van der Waals surface area contributed by atoms with Gasteiger partial charge < -0.3 is 15.2 Å². The fourth-order valence-electron chi connectivity index (χ4n) is 1.51. The van der Waals surface area contributed by atoms with Crippen molar-refractivity contribution in [1.29, 1.82) is 0 Å². The van der Waals surface area contributed by atoms with Crippen molar-refractivity contribution in [1.82, 2.24) is 9.78 Å². The first kappa shape index (κ1) is 11.8. The smallest absolute Gasteiger partial charge is 0.163 e. The number of nitrogens with zero attached hydrogens (tertiary/aromatic N) is 2. The zero-order chi connectivity index (χ0) is 12.4. The Morgan fingerprint density at radius 2 is 1.88 bits per heavy atom. The molecule has 90 valence electrons. The van der Waals surface area contributed by atoms with Crippen LogP contribution < -0.4 is 15.2 Å². The van der Waals surface area contributed by atoms with E-state index in [9.17, 15) is 0 Å². The Kier molecular flexibility index (Phi) is 3.23. The third kappa shape index (κ3) is 2.21. The van der Waals surface area contributed by atoms with Crippen LogP contribution in [0.5, 0.6) is 11.5 Å². The van der Waals surface area contributed by atoms with Crippen molar-refractivity contribution in [2.75, 3.05) is 20.0 Å². The highest BCUT2D eigenvalue weighted by Crippen LogP contribution is 2.33. The number of methoxy groups -OCH3 is 2. The molecule has 0 bridgehead atoms. The van der Waals surface area contributed by atoms with Crippen molar-refractivity contribution >= 4 is 21.6 Å². The monoisotopic (exact) mass is 297 g/mol. The lowest BCUT2D eigenvalue weighted by molar-refractivity contribution is 0.355. The van der Waals surface area contributed by atoms with E-state index >= 15 is 0 Å². The second-order valence-electron chi connectivity index (χ2n) is 3.37. The molecular formula is C11H12BrN3O2. The molecule has 0 unspecified atom stereocenters. The van der Waals surface area contributed by atoms with Crippen LogP contribution in [-0.2, 0) is 0 Å². The summed E-state index contributed by atoms with van der Waals surface area (Å²) in [5, 5.41) is 4.17. The standard InChI is InChI=1S/C11H12BrN3O2/c1-16-10-3-8(13)9(4-11(10)17-2)15-6-7(12)5-14-15/h3-6H,13H2,1-2H3. The highest BCUT2D eigenvalue weighted by atomic mass is 79.9. The summed E-state index contributed by atoms with van der Waals surface area (Å²) in [6.45, 7) is 0. The maximum Gasteiger partial charge on any atom is 0.163 e. The molecule has 0 saturated carbocycles. The summed E-state index contributed by atoms with van der Waals surface area (Å²) in [6.07, 6.45) is 3.51. The molecule has 0 saturated heterocycles. The molecule has 0 aliphatic heterocycles. The zero-order valence-corrected chi connectivity index (χ0v) is 11.1. The molecule has 1 heterocycles. The van der Waals surface area contributed by atoms with Crippen molar-refractivity contribution in [3.05, 3.63) is 29.0 Å². The van der Waals surface area contributed by atoms with E-state index in [1.807, 2.05) is 6.20 Å². The van der Waals surface area contributed by atoms with Gasteiger partial charge in [-0.2, -0.15) is 5.10 Å². The highest BCUT2D eigenvalue weighted by molar-refractivity contribution is 9.10. The van der Waals surface area contributed by atoms with Crippen LogP contribution >= 0.6 is 15.9 Å². The van der Waals surface area contributed by atoms with Crippen LogP contribution in [0.2, 0.25) is 0 Å². The quantitative estimate of drug-likeness (QED) is 0.883. The maximum atomic E-state index is 5.95. The topological polar surface area (TPSA) is 62.3 Å². The lowest BCUT2D eigenvalue weighted by atomic mass is 10.2. The first-order valence-electron chi connectivity index (χ1n) is 4.87. The molecule has 0 atom stereocenters. The SMILES string of the molecule is COc1cc(N)c(-n2cc(Br)cn2)cc1OC. The molecule has 2 N–H and O–H groups in total. The first-order valence-corrected chi connectivity index (χ1v) is 5.67. The average Bonchev–Trinajstić information content (AvgIpc) is 2.75. The van der Waals surface area contributed by atoms with Gasteiger partial charge in [-0.05, 0) is 15.9 Å². The predicted molar refractivity (Wildman–Crippen MR) is 68.8 cm³/mol. The summed E-state index contributed by atoms with van der Waals surface area (Å²) in [7, 11) is 3.15. The second-order valence-corrected chi connectivity index (χ2v) is 4.28. The minimum absolute atomic E-state index is 0.568. The van der Waals surface area contributed by atoms with E-state index in [4.69, 9.17) is 15.2 Å². The Hall–Kier alpha value is -1.69. The molecule has 1 aromatic heterocycles. The van der Waals surface area contributed by atoms with E-state index in [1.165, 1.54) is 0 Å². The van der Waals surface area contributed by atoms with Crippen molar-refractivity contribution in [3.63, 3.8) is 0 Å². The Labute approximate surface area is 107 Å². The van der Waals surface area contributed by atoms with E-state index in [0.29, 0.717) is 17.2 Å². The maximum absolute atomic E-state index is 5.95. The molecule has 0 fully saturated rings. The molecule has 0 spiro atoms. The normalized spacial score (nSPS) is 10.3. The number of benzene rings is 1. The Morgan fingerprint density at radius 1 is 1.24 bits per heavy atom. The molecule has 0 radical (unpaired) electrons. The number of nitrogen functional groups attached to an aromatic ring is 1. The summed E-state index contributed by atoms with van der Waals surface area (Å²) in [6, 6.07) is 3.50. The van der Waals surface area contributed by atoms with Gasteiger partial charge in [0.15, 0.2) is 11.5 Å². The first-order chi connectivity index (χ1) is 8.15. The fraction of sp³-hybridized carbons (Fsp3) is 0.182. The molecule has 0 amide bonds. The fourth-order valence-corrected chi connectivity index (χ4v) is 1.80. The van der Waals surface area contributed by atoms with E-state index in [0.717, 1.165) is 10.2 Å². The summed E-state index contributed by atoms with van der Waals surface area (Å²) in [4.78, 5) is 0. The Balaban J connectivity index is 2.55. The molecule has 2 rings (SSSR count). The van der Waals surface area contributed by atoms with E-state index in [2.05, 4.69) is 21.0 Å². The number of hydrogen-bond acceptors (Lipinski definition) is 4. The molecule has 5 nitrogen and oxygen atoms in total. The molecule has 1 aromatic carbocycles. The number of aromatic nitrogens is 2. The molecule has 17 heavy (non-hydrogen) atoms. The third-order valence-electron chi connectivity index (χ3n) is 2.33. The van der Waals surface area contributed by atoms with Crippen molar-refractivity contribution < 1.29 is 9.47 Å². The van der Waals surface area contributed by atoms with Crippen molar-refractivity contribution in [2.24, 2.45) is 0 Å². The number of anilines is 1. The molecule has 6 heteroatoms. The van der Waals surface area contributed by atoms with Gasteiger partial charge in [0, 0.05) is 18.3 Å². The predicted octanol–water partition coefficient (Wildman–Crippen LogP) is 2.23. The van der Waals surface area contributed by atoms with Crippen LogP contribution in [0.15, 0.2) is 29.0 Å². The van der Waals surface area contributed by atoms with Crippen molar-refractivity contribution in [2.45, 2.75) is 0 Å². The van der Waals surface area contributed by atoms with Gasteiger partial charge in [-0.1, -0.05) is 0 Å². The molecule has 2 aromatic rings. The van der Waals surface area contributed by atoms with Crippen LogP contribution in [0.1, 0.15) is 0 Å². The van der Waals surface area contributed by atoms with E-state index in [-0.39, 0.29) is 0 Å². The molecule has 0 aliphatic rings. The van der Waals surface area contributed by atoms with Gasteiger partial charge >= 0.3 is 0 Å². The van der Waals surface area contributed by atoms with Crippen LogP contribution in [0.3, 0.4) is 0 Å². The van der Waals surface area contributed by atoms with Gasteiger partial charge in [0.05, 0.1) is 36.3 Å². The Bertz CT molecular complexity index is 540. The van der Waals surface area contributed by atoms with Gasteiger partial charge in [-0.3, -0.25) is 0 Å². The van der Waals surface area contributed by atoms with Crippen LogP contribution in [0.4, 0.5) is 5.69 Å². The van der Waals surface area contributed by atoms with Crippen LogP contribution in [0, 0.1) is 0 Å². The average molecular weight is 298 g/mol. The lowest BCUT2D eigenvalue weighted by Crippen LogP contribution is -2.02. The zero-order valence-electron chi connectivity index (χ0n) is 9.48. The van der Waals surface area contributed by atoms with Gasteiger partial charge in [0.1, 0.15) is 0 Å². The van der Waals surface area contributed by atoms with Gasteiger partial charge in [0.25, 0.3) is 0 Å². The number of rotatable bonds is 3. The van der Waals surface area contributed by atoms with Gasteiger partial charge in [0.2, 0.25) is 0 Å². The largest absolute Gasteiger partial charge is 0.493 e. The lowest BCUT2D eigenvalue weighted by Gasteiger charge is -2.12. The number of nitrogens with two attached hydrogens (primary N) is 1. The highest BCUT2D eigenvalue weighted by Gasteiger charge is 2.11. The minimum Gasteiger partial charge on any atom is -0.493 e. The van der Waals surface area contributed by atoms with Crippen molar-refractivity contribution in [3.8, 4) is 17.2 Å². The number of ether oxygens (including phenoxy) is 2. The second kappa shape index (κ2) is 4.67. The Morgan fingerprint density at radius 3 is 2.41 bits per heavy atom. The van der Waals surface area contributed by atoms with Crippen LogP contribution in [-0.4, -0.2) is 24.0 Å². The number of halogens is 1. The van der Waals surface area contributed by atoms with Crippen LogP contribution in [0.25, 0.3) is 5.69 Å². The summed E-state index contributed by atoms with van der Waals surface area (Å²) in [5.74, 6) is 1.21. The number of hydrogen-bond donors (Lipinski definition) is 1. The van der Waals surface area contributed by atoms with Gasteiger partial charge in [-0.25, -0.2) is 4.68 Å².